The van der Waals surface area contributed by atoms with Crippen LogP contribution in [0.25, 0.3) is 0 Å². The topological polar surface area (TPSA) is 188 Å². The van der Waals surface area contributed by atoms with Gasteiger partial charge in [0.25, 0.3) is 11.8 Å². The molecule has 2 saturated carbocycles. The first-order chi connectivity index (χ1) is 24.5. The number of amides is 5. The number of rotatable bonds is 14. The van der Waals surface area contributed by atoms with Gasteiger partial charge in [-0.25, -0.2) is 4.98 Å². The lowest BCUT2D eigenvalue weighted by Crippen LogP contribution is -2.53. The van der Waals surface area contributed by atoms with Gasteiger partial charge in [-0.15, -0.1) is 12.8 Å². The number of carbonyl (C=O) groups excluding carboxylic acids is 6. The average Bonchev–Trinajstić information content (AvgIpc) is 3.95. The highest BCUT2D eigenvalue weighted by Crippen LogP contribution is 2.27. The van der Waals surface area contributed by atoms with Gasteiger partial charge in [-0.3, -0.25) is 33.8 Å². The van der Waals surface area contributed by atoms with Gasteiger partial charge in [0.15, 0.2) is 0 Å². The number of nitrogens with zero attached hydrogens (tertiary/aromatic N) is 2. The van der Waals surface area contributed by atoms with Gasteiger partial charge in [0.2, 0.25) is 24.0 Å². The number of aromatic nitrogens is 2. The van der Waals surface area contributed by atoms with Gasteiger partial charge in [0.05, 0.1) is 18.8 Å². The number of hydrogen-bond donors (Lipinski definition) is 5. The number of terminal acetylenes is 1. The van der Waals surface area contributed by atoms with Gasteiger partial charge in [-0.1, -0.05) is 72.5 Å². The second kappa shape index (κ2) is 25.4. The molecule has 1 aromatic rings. The third kappa shape index (κ3) is 18.3. The Morgan fingerprint density at radius 3 is 2.14 bits per heavy atom. The molecule has 0 saturated heterocycles. The molecule has 2 unspecified atom stereocenters. The van der Waals surface area contributed by atoms with Crippen LogP contribution in [0.4, 0.5) is 0 Å². The van der Waals surface area contributed by atoms with Crippen molar-refractivity contribution < 1.29 is 28.8 Å². The highest BCUT2D eigenvalue weighted by Gasteiger charge is 2.32. The van der Waals surface area contributed by atoms with E-state index in [2.05, 4.69) is 89.2 Å². The van der Waals surface area contributed by atoms with E-state index in [0.717, 1.165) is 70.1 Å². The molecule has 1 aromatic heterocycles. The van der Waals surface area contributed by atoms with Crippen LogP contribution in [0, 0.1) is 30.6 Å². The molecule has 4 rings (SSSR count). The summed E-state index contributed by atoms with van der Waals surface area (Å²) in [4.78, 5) is 78.9. The van der Waals surface area contributed by atoms with E-state index in [0.29, 0.717) is 18.7 Å². The van der Waals surface area contributed by atoms with Crippen LogP contribution in [0.2, 0.25) is 0 Å². The molecule has 3 aliphatic carbocycles. The van der Waals surface area contributed by atoms with Gasteiger partial charge >= 0.3 is 0 Å². The third-order valence-electron chi connectivity index (χ3n) is 8.31. The number of ketones is 1. The summed E-state index contributed by atoms with van der Waals surface area (Å²) in [5, 5.41) is 13.5. The molecule has 4 atom stereocenters. The molecule has 1 heterocycles. The van der Waals surface area contributed by atoms with E-state index in [1.54, 1.807) is 0 Å². The monoisotopic (exact) mass is 709 g/mol. The predicted octanol–water partition coefficient (Wildman–Crippen LogP) is 3.40. The van der Waals surface area contributed by atoms with Crippen LogP contribution in [-0.4, -0.2) is 76.5 Å². The number of Topliss-reactive ketones (excluding diaryl/α,β-unsaturated/α-hetero) is 1. The maximum Gasteiger partial charge on any atom is 0.289 e. The van der Waals surface area contributed by atoms with Crippen molar-refractivity contribution in [2.75, 3.05) is 6.54 Å². The Kier molecular flexibility index (Phi) is 22.1. The summed E-state index contributed by atoms with van der Waals surface area (Å²) in [6.45, 7) is 10.4. The van der Waals surface area contributed by atoms with Gasteiger partial charge in [0.1, 0.15) is 11.7 Å². The molecule has 0 radical (unpaired) electrons. The van der Waals surface area contributed by atoms with E-state index >= 15 is 0 Å². The largest absolute Gasteiger partial charge is 0.351 e. The van der Waals surface area contributed by atoms with Crippen LogP contribution >= 0.6 is 0 Å². The minimum absolute atomic E-state index is 0.0472. The average molecular weight is 710 g/mol. The van der Waals surface area contributed by atoms with E-state index in [4.69, 9.17) is 0 Å². The third-order valence-corrected chi connectivity index (χ3v) is 8.31. The summed E-state index contributed by atoms with van der Waals surface area (Å²) in [6.07, 6.45) is 26.8. The van der Waals surface area contributed by atoms with Crippen molar-refractivity contribution in [1.82, 2.24) is 36.6 Å². The summed E-state index contributed by atoms with van der Waals surface area (Å²) in [5.41, 5.74) is 0.170. The zero-order valence-electron chi connectivity index (χ0n) is 31.0. The fourth-order valence-corrected chi connectivity index (χ4v) is 5.49. The van der Waals surface area contributed by atoms with E-state index in [1.165, 1.54) is 18.6 Å². The van der Waals surface area contributed by atoms with Crippen molar-refractivity contribution in [2.24, 2.45) is 17.8 Å². The normalized spacial score (nSPS) is 19.0. The quantitative estimate of drug-likeness (QED) is 0.0841. The molecular weight excluding hydrogens is 650 g/mol. The Hall–Kier alpha value is -4.60. The minimum Gasteiger partial charge on any atom is -0.351 e. The highest BCUT2D eigenvalue weighted by molar-refractivity contribution is 6.38. The first-order valence-electron chi connectivity index (χ1n) is 18.1. The molecule has 0 aromatic carbocycles. The molecular formula is C38H59N7O6. The Morgan fingerprint density at radius 2 is 1.59 bits per heavy atom. The predicted molar refractivity (Wildman–Crippen MR) is 197 cm³/mol. The van der Waals surface area contributed by atoms with E-state index < -0.39 is 29.7 Å². The Labute approximate surface area is 303 Å². The molecule has 13 nitrogen and oxygen atoms in total. The number of carbonyl (C=O) groups is 6. The molecule has 51 heavy (non-hydrogen) atoms. The summed E-state index contributed by atoms with van der Waals surface area (Å²) in [5.74, 6) is -0.840. The van der Waals surface area contributed by atoms with Crippen molar-refractivity contribution >= 4 is 35.8 Å². The standard InChI is InChI=1S/C22H31N5O3.C10H16N2O3.C4H10.C2H2/c1-15-7-5-6-10-17(15)26-19(28)14-25-22(30)20(16-8-3-2-4-9-16)27-21(29)18-13-23-11-12-24-18;1-2-3-8(11-6-13)9(14)10(15)12-7-4-5-7;1-4(2)3;1-2/h5-6,11-13,15-17,20H,2-4,7-10,14H2,1H3,(H,25,30)(H,26,28)(H,27,29);6-8H,2-5H2,1H3,(H,11,13)(H,12,15);4H,1-3H3;1-2H/t15-,17+,20?;;;/m1.../s1. The van der Waals surface area contributed by atoms with Gasteiger partial charge < -0.3 is 26.6 Å². The van der Waals surface area contributed by atoms with Gasteiger partial charge in [-0.05, 0) is 62.7 Å². The van der Waals surface area contributed by atoms with Crippen LogP contribution in [0.1, 0.15) is 116 Å². The number of nitrogens with one attached hydrogen (secondary N) is 5. The molecule has 2 fully saturated rings. The first kappa shape index (κ1) is 44.4. The second-order valence-electron chi connectivity index (χ2n) is 13.7. The van der Waals surface area contributed by atoms with Crippen LogP contribution in [-0.2, 0) is 24.0 Å². The van der Waals surface area contributed by atoms with Crippen LogP contribution in [0.15, 0.2) is 30.7 Å². The molecule has 0 bridgehead atoms. The lowest BCUT2D eigenvalue weighted by Gasteiger charge is -2.30. The fraction of sp³-hybridized carbons (Fsp3) is 0.632. The zero-order valence-corrected chi connectivity index (χ0v) is 31.0. The van der Waals surface area contributed by atoms with Crippen LogP contribution in [0.3, 0.4) is 0 Å². The second-order valence-corrected chi connectivity index (χ2v) is 13.7. The van der Waals surface area contributed by atoms with Gasteiger partial charge in [0, 0.05) is 24.5 Å². The maximum absolute atomic E-state index is 12.9. The molecule has 5 amide bonds. The van der Waals surface area contributed by atoms with Crippen molar-refractivity contribution in [3.8, 4) is 12.8 Å². The molecule has 282 valence electrons. The highest BCUT2D eigenvalue weighted by atomic mass is 16.2. The van der Waals surface area contributed by atoms with Crippen molar-refractivity contribution in [3.05, 3.63) is 36.4 Å². The number of allylic oxidation sites excluding steroid dienone is 1. The van der Waals surface area contributed by atoms with Gasteiger partial charge in [-0.2, -0.15) is 0 Å². The van der Waals surface area contributed by atoms with E-state index in [-0.39, 0.29) is 42.1 Å². The molecule has 0 aliphatic heterocycles. The van der Waals surface area contributed by atoms with E-state index in [9.17, 15) is 28.8 Å². The summed E-state index contributed by atoms with van der Waals surface area (Å²) in [7, 11) is 0. The lowest BCUT2D eigenvalue weighted by atomic mass is 9.83. The Bertz CT molecular complexity index is 1270. The van der Waals surface area contributed by atoms with E-state index in [1.807, 2.05) is 6.92 Å². The minimum atomic E-state index is -0.691. The maximum atomic E-state index is 12.9. The Morgan fingerprint density at radius 1 is 0.941 bits per heavy atom. The molecule has 3 aliphatic rings. The molecule has 5 N–H and O–H groups in total. The lowest BCUT2D eigenvalue weighted by molar-refractivity contribution is -0.139. The summed E-state index contributed by atoms with van der Waals surface area (Å²) >= 11 is 0. The van der Waals surface area contributed by atoms with Crippen LogP contribution in [0.5, 0.6) is 0 Å². The SMILES string of the molecule is C#C.CC(C)C.CCCC(NC=O)C(=O)C(=O)NC1CC1.C[C@@H]1CC=CC[C@@H]1NC(=O)CNC(=O)C(NC(=O)c1cnccn1)C1CCCCC1. The summed E-state index contributed by atoms with van der Waals surface area (Å²) in [6, 6.07) is -1.11. The smallest absolute Gasteiger partial charge is 0.289 e. The zero-order chi connectivity index (χ0) is 38.2. The van der Waals surface area contributed by atoms with Crippen molar-refractivity contribution in [3.63, 3.8) is 0 Å². The number of hydrogen-bond acceptors (Lipinski definition) is 8. The Balaban J connectivity index is 0.000000516. The summed E-state index contributed by atoms with van der Waals surface area (Å²) < 4.78 is 0. The first-order valence-corrected chi connectivity index (χ1v) is 18.1. The van der Waals surface area contributed by atoms with Crippen molar-refractivity contribution in [2.45, 2.75) is 129 Å². The van der Waals surface area contributed by atoms with Crippen LogP contribution < -0.4 is 26.6 Å². The van der Waals surface area contributed by atoms with Crippen molar-refractivity contribution in [1.29, 1.82) is 0 Å². The molecule has 0 spiro atoms. The fourth-order valence-electron chi connectivity index (χ4n) is 5.49. The molecule has 13 heteroatoms.